The molecular weight excluding hydrogens is 827 g/mol. The molecule has 1 aromatic carbocycles. The Labute approximate surface area is 383 Å². The highest BCUT2D eigenvalue weighted by Crippen LogP contribution is 2.42. The van der Waals surface area contributed by atoms with E-state index in [1.54, 1.807) is 34.9 Å². The van der Waals surface area contributed by atoms with Gasteiger partial charge in [-0.3, -0.25) is 39.1 Å². The van der Waals surface area contributed by atoms with E-state index in [4.69, 9.17) is 19.7 Å². The largest absolute Gasteiger partial charge is 0.375 e. The predicted octanol–water partition coefficient (Wildman–Crippen LogP) is 5.95. The molecule has 16 heteroatoms. The molecule has 2 saturated heterocycles. The van der Waals surface area contributed by atoms with Crippen molar-refractivity contribution in [1.82, 2.24) is 44.9 Å². The Morgan fingerprint density at radius 3 is 2.54 bits per heavy atom. The van der Waals surface area contributed by atoms with Crippen LogP contribution in [0.25, 0.3) is 33.4 Å². The zero-order valence-electron chi connectivity index (χ0n) is 39.9. The Balaban J connectivity index is 1.36. The summed E-state index contributed by atoms with van der Waals surface area (Å²) < 4.78 is 9.88. The molecule has 0 aliphatic carbocycles. The molecule has 0 radical (unpaired) electrons. The number of likely N-dealkylation sites (N-methyl/N-ethyl adjacent to an activating group) is 1. The first-order valence-corrected chi connectivity index (χ1v) is 22.9. The SMILES string of the molecule is C=CC(=O)N1CC[C@H](C(=O)N(C)[C@H](C(=O)N[C@@H](Cc2cc(-c3ccc4c(c3)c(CC(C)(C)COO)c(-c3cccnc3[C@H](C)OC)n4CC)n(C)n2)C(=O)N2CCC[C@@H](C)N2)C(C)C)C1. The molecule has 3 N–H and O–H groups in total. The number of methoxy groups -OCH3 is 1. The van der Waals surface area contributed by atoms with Crippen molar-refractivity contribution >= 4 is 34.5 Å². The van der Waals surface area contributed by atoms with Gasteiger partial charge >= 0.3 is 0 Å². The standard InChI is InChI=1S/C49H69N9O7/c1-12-42(59)56-23-20-34(28-56)47(61)54(9)44(30(3)4)46(60)51-39(48(62)58-22-15-16-31(5)52-58)25-35-26-41(55(10)53-35)33-18-19-40-37(24-33)38(27-49(7,8)29-65-63)45(57(40)13-2)36-17-14-21-50-43(36)32(6)64-11/h12,14,17-19,21,24,26,30-32,34,39,44,52,63H,1,13,15-16,20,22-23,25,27-29H2,2-11H3,(H,51,60)/t31-,32+,34+,39+,44+/m1/s1. The van der Waals surface area contributed by atoms with Crippen molar-refractivity contribution in [3.8, 4) is 22.5 Å². The van der Waals surface area contributed by atoms with Crippen LogP contribution in [0.1, 0.15) is 90.8 Å². The van der Waals surface area contributed by atoms with Gasteiger partial charge in [-0.05, 0) is 99.8 Å². The Morgan fingerprint density at radius 2 is 1.88 bits per heavy atom. The van der Waals surface area contributed by atoms with Gasteiger partial charge in [-0.15, -0.1) is 0 Å². The molecule has 5 heterocycles. The van der Waals surface area contributed by atoms with Crippen LogP contribution in [-0.2, 0) is 55.2 Å². The third-order valence-electron chi connectivity index (χ3n) is 13.0. The highest BCUT2D eigenvalue weighted by molar-refractivity contribution is 5.96. The van der Waals surface area contributed by atoms with Gasteiger partial charge in [0.1, 0.15) is 12.1 Å². The Morgan fingerprint density at radius 1 is 1.12 bits per heavy atom. The van der Waals surface area contributed by atoms with Crippen molar-refractivity contribution in [2.45, 2.75) is 111 Å². The average Bonchev–Trinajstić information content (AvgIpc) is 4.00. The van der Waals surface area contributed by atoms with Crippen LogP contribution in [0.4, 0.5) is 0 Å². The number of pyridine rings is 1. The van der Waals surface area contributed by atoms with Gasteiger partial charge in [0.15, 0.2) is 0 Å². The maximum Gasteiger partial charge on any atom is 0.259 e. The molecule has 65 heavy (non-hydrogen) atoms. The van der Waals surface area contributed by atoms with Crippen LogP contribution in [0.3, 0.4) is 0 Å². The van der Waals surface area contributed by atoms with Gasteiger partial charge < -0.3 is 24.4 Å². The second-order valence-electron chi connectivity index (χ2n) is 18.9. The quantitative estimate of drug-likeness (QED) is 0.0615. The number of hydrazine groups is 1. The average molecular weight is 896 g/mol. The maximum absolute atomic E-state index is 14.4. The minimum absolute atomic E-state index is 0.0781. The summed E-state index contributed by atoms with van der Waals surface area (Å²) in [5.74, 6) is -1.89. The topological polar surface area (TPSA) is 176 Å². The summed E-state index contributed by atoms with van der Waals surface area (Å²) in [6, 6.07) is 10.6. The summed E-state index contributed by atoms with van der Waals surface area (Å²) in [6.07, 6.45) is 5.69. The van der Waals surface area contributed by atoms with Crippen LogP contribution >= 0.6 is 0 Å². The molecule has 2 fully saturated rings. The van der Waals surface area contributed by atoms with Gasteiger partial charge in [0, 0.05) is 88.1 Å². The van der Waals surface area contributed by atoms with Crippen LogP contribution in [-0.4, -0.2) is 122 Å². The second-order valence-corrected chi connectivity index (χ2v) is 18.9. The van der Waals surface area contributed by atoms with Crippen molar-refractivity contribution in [3.63, 3.8) is 0 Å². The third kappa shape index (κ3) is 10.7. The van der Waals surface area contributed by atoms with E-state index in [2.05, 4.69) is 66.9 Å². The van der Waals surface area contributed by atoms with E-state index in [1.807, 2.05) is 46.9 Å². The van der Waals surface area contributed by atoms with E-state index in [0.717, 1.165) is 57.5 Å². The molecule has 0 bridgehead atoms. The summed E-state index contributed by atoms with van der Waals surface area (Å²) in [6.45, 7) is 19.6. The number of carbonyl (C=O) groups excluding carboxylic acids is 4. The highest BCUT2D eigenvalue weighted by Gasteiger charge is 2.39. The number of rotatable bonds is 18. The normalized spacial score (nSPS) is 18.2. The summed E-state index contributed by atoms with van der Waals surface area (Å²) in [5, 5.41) is 20.2. The predicted molar refractivity (Wildman–Crippen MR) is 250 cm³/mol. The molecular formula is C49H69N9O7. The van der Waals surface area contributed by atoms with Crippen LogP contribution in [0, 0.1) is 17.3 Å². The fourth-order valence-electron chi connectivity index (χ4n) is 9.67. The number of aromatic nitrogens is 4. The van der Waals surface area contributed by atoms with Crippen molar-refractivity contribution in [3.05, 3.63) is 72.2 Å². The van der Waals surface area contributed by atoms with E-state index in [1.165, 1.54) is 11.0 Å². The van der Waals surface area contributed by atoms with Crippen LogP contribution in [0.5, 0.6) is 0 Å². The van der Waals surface area contributed by atoms with Gasteiger partial charge in [-0.2, -0.15) is 5.10 Å². The molecule has 352 valence electrons. The van der Waals surface area contributed by atoms with Gasteiger partial charge in [0.05, 0.1) is 41.4 Å². The first kappa shape index (κ1) is 49.0. The molecule has 2 aliphatic rings. The van der Waals surface area contributed by atoms with Crippen molar-refractivity contribution in [2.75, 3.05) is 40.4 Å². The van der Waals surface area contributed by atoms with Gasteiger partial charge in [-0.1, -0.05) is 40.3 Å². The third-order valence-corrected chi connectivity index (χ3v) is 13.0. The monoisotopic (exact) mass is 896 g/mol. The van der Waals surface area contributed by atoms with Crippen molar-refractivity contribution in [2.24, 2.45) is 24.3 Å². The van der Waals surface area contributed by atoms with E-state index in [9.17, 15) is 24.4 Å². The maximum atomic E-state index is 14.4. The smallest absolute Gasteiger partial charge is 0.259 e. The van der Waals surface area contributed by atoms with E-state index < -0.39 is 29.3 Å². The molecule has 0 saturated carbocycles. The number of hydrogen-bond donors (Lipinski definition) is 3. The molecule has 3 aromatic heterocycles. The number of carbonyl (C=O) groups is 4. The molecule has 4 amide bonds. The zero-order valence-corrected chi connectivity index (χ0v) is 39.9. The minimum atomic E-state index is -0.991. The first-order chi connectivity index (χ1) is 30.9. The van der Waals surface area contributed by atoms with Gasteiger partial charge in [-0.25, -0.2) is 10.3 Å². The number of aryl methyl sites for hydroxylation is 2. The Hall–Kier alpha value is -5.42. The summed E-state index contributed by atoms with van der Waals surface area (Å²) in [5.41, 5.74) is 10.1. The van der Waals surface area contributed by atoms with Crippen LogP contribution in [0.15, 0.2) is 55.3 Å². The first-order valence-electron chi connectivity index (χ1n) is 22.9. The van der Waals surface area contributed by atoms with Crippen molar-refractivity contribution in [1.29, 1.82) is 0 Å². The number of fused-ring (bicyclic) bond motifs is 1. The van der Waals surface area contributed by atoms with Crippen LogP contribution < -0.4 is 10.7 Å². The number of benzene rings is 1. The number of nitrogens with one attached hydrogen (secondary N) is 2. The van der Waals surface area contributed by atoms with Gasteiger partial charge in [0.2, 0.25) is 17.7 Å². The lowest BCUT2D eigenvalue weighted by Gasteiger charge is -2.36. The van der Waals surface area contributed by atoms with Crippen LogP contribution in [0.2, 0.25) is 0 Å². The Kier molecular flexibility index (Phi) is 15.7. The lowest BCUT2D eigenvalue weighted by Crippen LogP contribution is -2.61. The van der Waals surface area contributed by atoms with E-state index in [-0.39, 0.29) is 55.4 Å². The lowest BCUT2D eigenvalue weighted by atomic mass is 9.84. The number of likely N-dealkylation sites (tertiary alicyclic amines) is 1. The van der Waals surface area contributed by atoms with E-state index in [0.29, 0.717) is 38.2 Å². The molecule has 2 aliphatic heterocycles. The fraction of sp³-hybridized carbons (Fsp3) is 0.551. The minimum Gasteiger partial charge on any atom is -0.375 e. The molecule has 4 aromatic rings. The Bertz CT molecular complexity index is 2370. The molecule has 0 spiro atoms. The number of amides is 4. The summed E-state index contributed by atoms with van der Waals surface area (Å²) in [7, 11) is 5.17. The van der Waals surface area contributed by atoms with Gasteiger partial charge in [0.25, 0.3) is 5.91 Å². The number of hydrogen-bond acceptors (Lipinski definition) is 10. The zero-order chi connectivity index (χ0) is 47.3. The fourth-order valence-corrected chi connectivity index (χ4v) is 9.67. The summed E-state index contributed by atoms with van der Waals surface area (Å²) >= 11 is 0. The second kappa shape index (κ2) is 20.8. The number of nitrogens with zero attached hydrogens (tertiary/aromatic N) is 7. The molecule has 0 unspecified atom stereocenters. The van der Waals surface area contributed by atoms with Crippen molar-refractivity contribution < 1.29 is 34.1 Å². The summed E-state index contributed by atoms with van der Waals surface area (Å²) in [4.78, 5) is 67.5. The highest BCUT2D eigenvalue weighted by atomic mass is 17.1. The molecule has 6 rings (SSSR count). The van der Waals surface area contributed by atoms with E-state index >= 15 is 0 Å². The molecule has 5 atom stereocenters. The molecule has 16 nitrogen and oxygen atoms in total. The lowest BCUT2D eigenvalue weighted by molar-refractivity contribution is -0.259. The number of ether oxygens (including phenoxy) is 1.